The Labute approximate surface area is 115 Å². The Bertz CT molecular complexity index is 583. The summed E-state index contributed by atoms with van der Waals surface area (Å²) in [7, 11) is 0. The molecule has 0 bridgehead atoms. The van der Waals surface area contributed by atoms with Crippen LogP contribution >= 0.6 is 11.8 Å². The van der Waals surface area contributed by atoms with Gasteiger partial charge in [-0.25, -0.2) is 9.97 Å². The number of amides is 1. The Hall–Kier alpha value is -1.89. The van der Waals surface area contributed by atoms with Gasteiger partial charge in [0.2, 0.25) is 0 Å². The molecule has 0 unspecified atom stereocenters. The van der Waals surface area contributed by atoms with E-state index in [1.165, 1.54) is 11.8 Å². The van der Waals surface area contributed by atoms with Crippen molar-refractivity contribution in [2.75, 3.05) is 6.26 Å². The van der Waals surface area contributed by atoms with Crippen LogP contribution in [-0.2, 0) is 0 Å². The summed E-state index contributed by atoms with van der Waals surface area (Å²) in [6.45, 7) is 3.66. The van der Waals surface area contributed by atoms with Crippen LogP contribution in [0.25, 0.3) is 0 Å². The highest BCUT2D eigenvalue weighted by molar-refractivity contribution is 7.98. The van der Waals surface area contributed by atoms with Gasteiger partial charge in [-0.1, -0.05) is 0 Å². The highest BCUT2D eigenvalue weighted by Crippen LogP contribution is 2.17. The van der Waals surface area contributed by atoms with Crippen LogP contribution in [-0.4, -0.2) is 32.3 Å². The summed E-state index contributed by atoms with van der Waals surface area (Å²) in [5.41, 5.74) is 0.564. The number of pyridine rings is 1. The maximum Gasteiger partial charge on any atom is 0.254 e. The van der Waals surface area contributed by atoms with Crippen LogP contribution in [0.4, 0.5) is 0 Å². The molecule has 2 heterocycles. The fourth-order valence-electron chi connectivity index (χ4n) is 1.62. The molecule has 2 aromatic heterocycles. The summed E-state index contributed by atoms with van der Waals surface area (Å²) in [5, 5.41) is 10.4. The molecule has 19 heavy (non-hydrogen) atoms. The van der Waals surface area contributed by atoms with Crippen LogP contribution in [0.1, 0.15) is 35.0 Å². The van der Waals surface area contributed by atoms with Gasteiger partial charge in [0.05, 0.1) is 11.6 Å². The smallest absolute Gasteiger partial charge is 0.254 e. The van der Waals surface area contributed by atoms with Crippen molar-refractivity contribution in [3.63, 3.8) is 0 Å². The second-order valence-electron chi connectivity index (χ2n) is 4.03. The molecule has 1 atom stereocenters. The van der Waals surface area contributed by atoms with E-state index in [-0.39, 0.29) is 11.9 Å². The fourth-order valence-corrected chi connectivity index (χ4v) is 2.17. The Balaban J connectivity index is 2.12. The van der Waals surface area contributed by atoms with Crippen molar-refractivity contribution in [2.45, 2.75) is 24.9 Å². The molecule has 2 N–H and O–H groups in total. The molecular formula is C12H15N5OS. The summed E-state index contributed by atoms with van der Waals surface area (Å²) in [5.74, 6) is 1.12. The molecule has 0 spiro atoms. The molecule has 0 aliphatic carbocycles. The predicted molar refractivity (Wildman–Crippen MR) is 73.0 cm³/mol. The fraction of sp³-hybridized carbons (Fsp3) is 0.333. The first-order chi connectivity index (χ1) is 9.11. The molecule has 0 radical (unpaired) electrons. The molecule has 7 heteroatoms. The minimum atomic E-state index is -0.257. The molecule has 2 rings (SSSR count). The number of aromatic nitrogens is 4. The van der Waals surface area contributed by atoms with Gasteiger partial charge in [0.1, 0.15) is 10.9 Å². The van der Waals surface area contributed by atoms with Gasteiger partial charge >= 0.3 is 0 Å². The third kappa shape index (κ3) is 3.11. The van der Waals surface area contributed by atoms with E-state index in [0.717, 1.165) is 5.82 Å². The average Bonchev–Trinajstić information content (AvgIpc) is 2.85. The first-order valence-corrected chi connectivity index (χ1v) is 7.03. The Morgan fingerprint density at radius 3 is 2.95 bits per heavy atom. The zero-order valence-electron chi connectivity index (χ0n) is 11.0. The van der Waals surface area contributed by atoms with Crippen LogP contribution in [0.2, 0.25) is 0 Å². The minimum absolute atomic E-state index is 0.174. The standard InChI is InChI=1S/C12H15N5OS/c1-7(10-15-8(2)16-17-10)14-11(18)9-5-4-6-13-12(9)19-3/h4-7H,1-3H3,(H,14,18)(H,15,16,17)/t7-/m0/s1. The minimum Gasteiger partial charge on any atom is -0.342 e. The summed E-state index contributed by atoms with van der Waals surface area (Å²) < 4.78 is 0. The van der Waals surface area contributed by atoms with Crippen molar-refractivity contribution in [3.8, 4) is 0 Å². The van der Waals surface area contributed by atoms with Gasteiger partial charge in [-0.2, -0.15) is 5.10 Å². The molecule has 0 aliphatic heterocycles. The molecule has 0 saturated carbocycles. The van der Waals surface area contributed by atoms with Gasteiger partial charge in [-0.3, -0.25) is 9.89 Å². The van der Waals surface area contributed by atoms with E-state index in [1.807, 2.05) is 20.1 Å². The highest BCUT2D eigenvalue weighted by Gasteiger charge is 2.17. The number of carbonyl (C=O) groups excluding carboxylic acids is 1. The van der Waals surface area contributed by atoms with E-state index in [9.17, 15) is 4.79 Å². The van der Waals surface area contributed by atoms with Gasteiger partial charge in [-0.05, 0) is 32.2 Å². The monoisotopic (exact) mass is 277 g/mol. The molecule has 0 aliphatic rings. The molecule has 0 aromatic carbocycles. The normalized spacial score (nSPS) is 12.2. The van der Waals surface area contributed by atoms with Crippen LogP contribution in [0.5, 0.6) is 0 Å². The maximum absolute atomic E-state index is 12.2. The molecular weight excluding hydrogens is 262 g/mol. The number of carbonyl (C=O) groups is 1. The first kappa shape index (κ1) is 13.5. The van der Waals surface area contributed by atoms with Gasteiger partial charge in [0.25, 0.3) is 5.91 Å². The number of nitrogens with one attached hydrogen (secondary N) is 2. The zero-order chi connectivity index (χ0) is 13.8. The van der Waals surface area contributed by atoms with E-state index in [1.54, 1.807) is 18.3 Å². The molecule has 0 fully saturated rings. The number of thioether (sulfide) groups is 1. The third-order valence-corrected chi connectivity index (χ3v) is 3.27. The molecule has 6 nitrogen and oxygen atoms in total. The summed E-state index contributed by atoms with van der Waals surface area (Å²) in [6.07, 6.45) is 3.56. The van der Waals surface area contributed by atoms with Crippen LogP contribution < -0.4 is 5.32 Å². The lowest BCUT2D eigenvalue weighted by atomic mass is 10.2. The number of rotatable bonds is 4. The lowest BCUT2D eigenvalue weighted by molar-refractivity contribution is 0.0934. The number of aromatic amines is 1. The molecule has 1 amide bonds. The summed E-state index contributed by atoms with van der Waals surface area (Å²) in [4.78, 5) is 20.5. The third-order valence-electron chi connectivity index (χ3n) is 2.56. The lowest BCUT2D eigenvalue weighted by Crippen LogP contribution is -2.28. The number of H-pyrrole nitrogens is 1. The summed E-state index contributed by atoms with van der Waals surface area (Å²) >= 11 is 1.44. The lowest BCUT2D eigenvalue weighted by Gasteiger charge is -2.11. The van der Waals surface area contributed by atoms with E-state index in [4.69, 9.17) is 0 Å². The highest BCUT2D eigenvalue weighted by atomic mass is 32.2. The van der Waals surface area contributed by atoms with Crippen molar-refractivity contribution in [1.29, 1.82) is 0 Å². The van der Waals surface area contributed by atoms with Crippen molar-refractivity contribution in [2.24, 2.45) is 0 Å². The van der Waals surface area contributed by atoms with E-state index in [2.05, 4.69) is 25.5 Å². The predicted octanol–water partition coefficient (Wildman–Crippen LogP) is 1.72. The van der Waals surface area contributed by atoms with E-state index >= 15 is 0 Å². The Morgan fingerprint density at radius 1 is 1.53 bits per heavy atom. The van der Waals surface area contributed by atoms with Gasteiger partial charge in [0, 0.05) is 6.20 Å². The largest absolute Gasteiger partial charge is 0.342 e. The average molecular weight is 277 g/mol. The number of nitrogens with zero attached hydrogens (tertiary/aromatic N) is 3. The Morgan fingerprint density at radius 2 is 2.32 bits per heavy atom. The van der Waals surface area contributed by atoms with Gasteiger partial charge in [0.15, 0.2) is 5.82 Å². The SMILES string of the molecule is CSc1ncccc1C(=O)N[C@@H](C)c1n[nH]c(C)n1. The van der Waals surface area contributed by atoms with Crippen molar-refractivity contribution in [3.05, 3.63) is 35.5 Å². The molecule has 0 saturated heterocycles. The maximum atomic E-state index is 12.2. The van der Waals surface area contributed by atoms with Crippen LogP contribution in [0.3, 0.4) is 0 Å². The molecule has 2 aromatic rings. The Kier molecular flexibility index (Phi) is 4.16. The van der Waals surface area contributed by atoms with Crippen molar-refractivity contribution < 1.29 is 4.79 Å². The number of aryl methyl sites for hydroxylation is 1. The van der Waals surface area contributed by atoms with Gasteiger partial charge < -0.3 is 5.32 Å². The van der Waals surface area contributed by atoms with Crippen molar-refractivity contribution in [1.82, 2.24) is 25.5 Å². The zero-order valence-corrected chi connectivity index (χ0v) is 11.8. The second kappa shape index (κ2) is 5.83. The quantitative estimate of drug-likeness (QED) is 0.831. The second-order valence-corrected chi connectivity index (χ2v) is 4.83. The first-order valence-electron chi connectivity index (χ1n) is 5.80. The summed E-state index contributed by atoms with van der Waals surface area (Å²) in [6, 6.07) is 3.24. The van der Waals surface area contributed by atoms with Crippen molar-refractivity contribution >= 4 is 17.7 Å². The van der Waals surface area contributed by atoms with Crippen LogP contribution in [0.15, 0.2) is 23.4 Å². The topological polar surface area (TPSA) is 83.6 Å². The van der Waals surface area contributed by atoms with E-state index < -0.39 is 0 Å². The van der Waals surface area contributed by atoms with E-state index in [0.29, 0.717) is 16.4 Å². The van der Waals surface area contributed by atoms with Gasteiger partial charge in [-0.15, -0.1) is 11.8 Å². The molecule has 100 valence electrons. The number of hydrogen-bond donors (Lipinski definition) is 2. The van der Waals surface area contributed by atoms with Crippen LogP contribution in [0, 0.1) is 6.92 Å². The number of hydrogen-bond acceptors (Lipinski definition) is 5.